The largest absolute Gasteiger partial charge is 0.519 e. The third-order valence-electron chi connectivity index (χ3n) is 14.5. The summed E-state index contributed by atoms with van der Waals surface area (Å²) in [6, 6.07) is 0. The number of alkyl carbamates (subject to hydrolysis) is 3. The van der Waals surface area contributed by atoms with Gasteiger partial charge < -0.3 is 153 Å². The van der Waals surface area contributed by atoms with Crippen molar-refractivity contribution in [2.75, 3.05) is 204 Å². The number of carbonyl (C=O) groups excluding carboxylic acids is 8. The number of aliphatic carboxylic acids is 1. The third-order valence-corrected chi connectivity index (χ3v) is 14.8. The van der Waals surface area contributed by atoms with Gasteiger partial charge in [-0.05, 0) is 117 Å². The van der Waals surface area contributed by atoms with Crippen LogP contribution in [0.3, 0.4) is 0 Å². The highest BCUT2D eigenvalue weighted by molar-refractivity contribution is 9.09. The van der Waals surface area contributed by atoms with E-state index in [4.69, 9.17) is 211 Å². The van der Waals surface area contributed by atoms with Crippen molar-refractivity contribution in [3.8, 4) is 160 Å². The molecule has 3 amide bonds. The summed E-state index contributed by atoms with van der Waals surface area (Å²) in [5, 5.41) is 68.8. The number of nitrogens with two attached hydrogens (primary N) is 2. The van der Waals surface area contributed by atoms with Crippen molar-refractivity contribution in [2.24, 2.45) is 16.9 Å². The van der Waals surface area contributed by atoms with E-state index in [0.717, 1.165) is 0 Å². The molecule has 0 unspecified atom stereocenters. The molecule has 0 saturated carbocycles. The number of ketones is 1. The molecular formula is C99H148BrN5O35. The molecule has 1 aliphatic heterocycles. The van der Waals surface area contributed by atoms with Crippen molar-refractivity contribution in [3.05, 3.63) is 0 Å². The molecule has 14 N–H and O–H groups in total. The van der Waals surface area contributed by atoms with Gasteiger partial charge in [0.25, 0.3) is 0 Å². The Kier molecular flexibility index (Phi) is 88.3. The van der Waals surface area contributed by atoms with Gasteiger partial charge in [-0.2, -0.15) is 0 Å². The Morgan fingerprint density at radius 2 is 0.557 bits per heavy atom. The Morgan fingerprint density at radius 3 is 0.736 bits per heavy atom. The number of carbonyl (C=O) groups is 9. The van der Waals surface area contributed by atoms with Crippen LogP contribution in [0.15, 0.2) is 0 Å². The van der Waals surface area contributed by atoms with E-state index in [1.165, 1.54) is 0 Å². The van der Waals surface area contributed by atoms with Crippen LogP contribution in [-0.4, -0.2) is 349 Å². The molecular weight excluding hydrogens is 1900 g/mol. The number of carboxylic acids is 1. The standard InChI is InChI=1S/C19H24O6.2C18H25NO5.C13H17NO3.C10H18O5.C9H19NO5.C5H6O3.C4H11NO3.C3H3Br/c1-4-10-23-14-19(15-24-11-5-2,16-25-12-6-3)13-17(20)8-7-9-18(21)22;2*1-7-10-21-13-18(14-22-11-8-2,15-23-12-9-3)19-16(20)24-17(4,5)6;1-4-7-15-10-13(14,11-16-8-5-2)12-17-9-6-3;1-9(2,3)14-7(11)13-8(12)15-10(4,5)6;1-8(2,3)15-7(14)10-9(4-11,5-12)6-13;6-4-2-1-3-5(7)8-4;5-4(1-6,2-7)3-8;1-2-3-4/h1-3H,7-16H2,(H,21,22);2*1-3H,10-15H2,4-6H3,(H,19,20);1-3H,7-12,14H2;1-6H3;11-13H,4-6H2,1-3H3,(H,10,14);1-3H2;6-8H,1-3,5H2;1H,3H2. The molecule has 0 radical (unpaired) electrons. The highest BCUT2D eigenvalue weighted by Crippen LogP contribution is 2.27. The number of esters is 2. The number of nitrogens with one attached hydrogen (secondary N) is 3. The van der Waals surface area contributed by atoms with E-state index in [9.17, 15) is 43.2 Å². The van der Waals surface area contributed by atoms with E-state index in [1.54, 1.807) is 104 Å². The van der Waals surface area contributed by atoms with E-state index in [2.05, 4.69) is 118 Å². The molecule has 1 fully saturated rings. The monoisotopic (exact) mass is 2050 g/mol. The fourth-order valence-electron chi connectivity index (χ4n) is 8.76. The fraction of sp³-hybridized carbons (Fsp3) is 0.646. The Morgan fingerprint density at radius 1 is 0.336 bits per heavy atom. The van der Waals surface area contributed by atoms with E-state index in [1.807, 2.05) is 0 Å². The number of amides is 3. The molecule has 0 atom stereocenters. The summed E-state index contributed by atoms with van der Waals surface area (Å²) >= 11 is 3.01. The van der Waals surface area contributed by atoms with Crippen LogP contribution < -0.4 is 27.4 Å². The predicted octanol–water partition coefficient (Wildman–Crippen LogP) is 4.18. The summed E-state index contributed by atoms with van der Waals surface area (Å²) in [4.78, 5) is 101. The number of carboxylic acid groups (broad SMARTS) is 1. The molecule has 1 aliphatic rings. The maximum atomic E-state index is 12.3. The minimum atomic E-state index is -1.44. The van der Waals surface area contributed by atoms with Crippen LogP contribution in [0.25, 0.3) is 0 Å². The second-order valence-corrected chi connectivity index (χ2v) is 34.8. The second kappa shape index (κ2) is 85.7. The topological polar surface area (TPSA) is 559 Å². The molecule has 0 aromatic heterocycles. The van der Waals surface area contributed by atoms with Crippen LogP contribution in [0.2, 0.25) is 0 Å². The van der Waals surface area contributed by atoms with E-state index >= 15 is 0 Å². The smallest absolute Gasteiger partial charge is 0.481 e. The van der Waals surface area contributed by atoms with Gasteiger partial charge in [0.1, 0.15) is 130 Å². The molecule has 1 rings (SSSR count). The number of terminal acetylenes is 13. The summed E-state index contributed by atoms with van der Waals surface area (Å²) in [7, 11) is 0. The number of aliphatic hydroxyl groups is 6. The summed E-state index contributed by atoms with van der Waals surface area (Å²) in [5.41, 5.74) is 1.50. The van der Waals surface area contributed by atoms with Crippen molar-refractivity contribution in [2.45, 2.75) is 205 Å². The van der Waals surface area contributed by atoms with Crippen molar-refractivity contribution in [1.29, 1.82) is 0 Å². The molecule has 1 heterocycles. The number of ether oxygens (including phenoxy) is 19. The third kappa shape index (κ3) is 95.7. The second-order valence-electron chi connectivity index (χ2n) is 34.3. The molecule has 0 aliphatic carbocycles. The average Bonchev–Trinajstić information content (AvgIpc) is 0.828. The number of Topliss-reactive ketones (excluding diaryl/α,β-unsaturated/α-hetero) is 1. The number of alkyl halides is 1. The minimum Gasteiger partial charge on any atom is -0.481 e. The molecule has 0 aromatic carbocycles. The quantitative estimate of drug-likeness (QED) is 0.0101. The number of rotatable bonds is 51. The summed E-state index contributed by atoms with van der Waals surface area (Å²) in [5.74, 6) is 28.8. The van der Waals surface area contributed by atoms with Gasteiger partial charge in [0, 0.05) is 37.5 Å². The maximum Gasteiger partial charge on any atom is 0.519 e. The first kappa shape index (κ1) is 144. The number of halogens is 1. The number of cyclic esters (lactones) is 2. The molecule has 0 spiro atoms. The van der Waals surface area contributed by atoms with Gasteiger partial charge in [0.15, 0.2) is 0 Å². The fourth-order valence-corrected chi connectivity index (χ4v) is 8.76. The Labute approximate surface area is 836 Å². The van der Waals surface area contributed by atoms with Crippen molar-refractivity contribution < 1.29 is 169 Å². The summed E-state index contributed by atoms with van der Waals surface area (Å²) in [6.07, 6.45) is 64.3. The molecule has 0 aromatic rings. The minimum absolute atomic E-state index is 0.0472. The van der Waals surface area contributed by atoms with Gasteiger partial charge in [-0.1, -0.05) is 92.9 Å². The van der Waals surface area contributed by atoms with Gasteiger partial charge in [0.05, 0.1) is 135 Å². The van der Waals surface area contributed by atoms with Gasteiger partial charge in [-0.15, -0.1) is 83.5 Å². The van der Waals surface area contributed by atoms with Crippen LogP contribution in [0.4, 0.5) is 24.0 Å². The van der Waals surface area contributed by atoms with E-state index < -0.39 is 137 Å². The maximum absolute atomic E-state index is 12.3. The highest BCUT2D eigenvalue weighted by Gasteiger charge is 2.39. The van der Waals surface area contributed by atoms with Gasteiger partial charge in [-0.3, -0.25) is 19.2 Å². The zero-order valence-electron chi connectivity index (χ0n) is 83.5. The first-order valence-electron chi connectivity index (χ1n) is 42.4. The molecule has 41 heteroatoms. The van der Waals surface area contributed by atoms with Gasteiger partial charge in [0.2, 0.25) is 0 Å². The number of hydrogen-bond acceptors (Lipinski definition) is 36. The Hall–Kier alpha value is -11.2. The van der Waals surface area contributed by atoms with Crippen molar-refractivity contribution in [1.82, 2.24) is 16.0 Å². The Bertz CT molecular complexity index is 3710. The van der Waals surface area contributed by atoms with E-state index in [-0.39, 0.29) is 202 Å². The zero-order valence-corrected chi connectivity index (χ0v) is 85.1. The van der Waals surface area contributed by atoms with Crippen LogP contribution >= 0.6 is 15.9 Å². The van der Waals surface area contributed by atoms with Crippen molar-refractivity contribution >= 4 is 70.2 Å². The lowest BCUT2D eigenvalue weighted by Gasteiger charge is -2.34. The lowest BCUT2D eigenvalue weighted by Crippen LogP contribution is -2.59. The molecule has 140 heavy (non-hydrogen) atoms. The van der Waals surface area contributed by atoms with Gasteiger partial charge >= 0.3 is 48.5 Å². The predicted molar refractivity (Wildman–Crippen MR) is 523 cm³/mol. The van der Waals surface area contributed by atoms with Crippen LogP contribution in [0.5, 0.6) is 0 Å². The van der Waals surface area contributed by atoms with Crippen LogP contribution in [0.1, 0.15) is 149 Å². The number of hydrogen-bond donors (Lipinski definition) is 12. The normalized spacial score (nSPS) is 11.5. The molecule has 40 nitrogen and oxygen atoms in total. The molecule has 0 bridgehead atoms. The summed E-state index contributed by atoms with van der Waals surface area (Å²) < 4.78 is 97.5. The number of aliphatic hydroxyl groups excluding tert-OH is 6. The van der Waals surface area contributed by atoms with Crippen molar-refractivity contribution in [3.63, 3.8) is 0 Å². The van der Waals surface area contributed by atoms with Crippen LogP contribution in [0, 0.1) is 166 Å². The first-order chi connectivity index (χ1) is 65.4. The lowest BCUT2D eigenvalue weighted by atomic mass is 9.84. The molecule has 1 saturated heterocycles. The van der Waals surface area contributed by atoms with Gasteiger partial charge in [-0.25, -0.2) is 24.0 Å². The zero-order chi connectivity index (χ0) is 109. The van der Waals surface area contributed by atoms with Crippen LogP contribution in [-0.2, 0) is 109 Å². The Balaban J connectivity index is -0.000000241. The summed E-state index contributed by atoms with van der Waals surface area (Å²) in [6.45, 7) is 25.3. The average molecular weight is 2050 g/mol. The lowest BCUT2D eigenvalue weighted by molar-refractivity contribution is -0.163. The first-order valence-corrected chi connectivity index (χ1v) is 43.5. The highest BCUT2D eigenvalue weighted by atomic mass is 79.9. The SMILES string of the molecule is C#CCBr.C#CCOCC(COCC#C)(COCC#C)CC(=O)CCCC(=O)O.C#CCOCC(COCC#C)(COCC#C)NC(=O)OC(C)(C)C.C#CCOCC(COCC#C)(COCC#C)NC(=O)OC(C)(C)C.C#CCOCC(N)(COCC#C)COCC#C.CC(C)(C)OC(=O)NC(CO)(CO)CO.CC(C)(C)OC(=O)OC(=O)OC(C)(C)C.NC(CO)(CO)CO.O=C1CCCC(=O)O1. The van der Waals surface area contributed by atoms with E-state index in [0.29, 0.717) is 24.6 Å². The molecule has 786 valence electrons.